The van der Waals surface area contributed by atoms with Crippen LogP contribution in [0.15, 0.2) is 36.5 Å². The van der Waals surface area contributed by atoms with Crippen molar-refractivity contribution < 1.29 is 0 Å². The van der Waals surface area contributed by atoms with Crippen LogP contribution in [0.5, 0.6) is 0 Å². The van der Waals surface area contributed by atoms with Crippen LogP contribution in [0.4, 0.5) is 5.69 Å². The first-order valence-electron chi connectivity index (χ1n) is 6.18. The third-order valence-electron chi connectivity index (χ3n) is 2.99. The molecule has 0 bridgehead atoms. The Hall–Kier alpha value is -2.33. The van der Waals surface area contributed by atoms with Gasteiger partial charge < -0.3 is 5.73 Å². The summed E-state index contributed by atoms with van der Waals surface area (Å²) in [4.78, 5) is 0. The van der Waals surface area contributed by atoms with Crippen LogP contribution in [0.3, 0.4) is 0 Å². The van der Waals surface area contributed by atoms with E-state index in [2.05, 4.69) is 10.2 Å². The second kappa shape index (κ2) is 4.98. The fraction of sp³-hybridized carbons (Fsp3) is 0.0667. The van der Waals surface area contributed by atoms with Crippen LogP contribution < -0.4 is 5.73 Å². The van der Waals surface area contributed by atoms with Gasteiger partial charge in [-0.15, -0.1) is 10.2 Å². The summed E-state index contributed by atoms with van der Waals surface area (Å²) in [6.07, 6.45) is 5.83. The third kappa shape index (κ3) is 2.38. The van der Waals surface area contributed by atoms with Gasteiger partial charge in [-0.25, -0.2) is 0 Å². The molecule has 0 unspecified atom stereocenters. The van der Waals surface area contributed by atoms with Crippen LogP contribution in [0.2, 0.25) is 5.02 Å². The number of pyridine rings is 1. The van der Waals surface area contributed by atoms with E-state index in [9.17, 15) is 0 Å². The molecular formula is C15H13ClN4. The summed E-state index contributed by atoms with van der Waals surface area (Å²) >= 11 is 5.86. The van der Waals surface area contributed by atoms with Gasteiger partial charge in [-0.2, -0.15) is 0 Å². The van der Waals surface area contributed by atoms with E-state index in [0.29, 0.717) is 11.3 Å². The summed E-state index contributed by atoms with van der Waals surface area (Å²) in [5, 5.41) is 8.97. The number of benzene rings is 1. The molecule has 100 valence electrons. The molecule has 20 heavy (non-hydrogen) atoms. The number of halogens is 1. The first kappa shape index (κ1) is 12.7. The summed E-state index contributed by atoms with van der Waals surface area (Å²) in [5.41, 5.74) is 9.35. The minimum atomic E-state index is 0.628. The van der Waals surface area contributed by atoms with E-state index >= 15 is 0 Å². The van der Waals surface area contributed by atoms with E-state index in [1.807, 2.05) is 60.0 Å². The molecule has 0 aliphatic heterocycles. The van der Waals surface area contributed by atoms with Crippen molar-refractivity contribution in [3.63, 3.8) is 0 Å². The smallest absolute Gasteiger partial charge is 0.184 e. The van der Waals surface area contributed by atoms with Crippen LogP contribution in [0.1, 0.15) is 17.0 Å². The van der Waals surface area contributed by atoms with Crippen molar-refractivity contribution in [2.45, 2.75) is 6.92 Å². The number of nitrogens with two attached hydrogens (primary N) is 1. The van der Waals surface area contributed by atoms with E-state index in [1.54, 1.807) is 0 Å². The van der Waals surface area contributed by atoms with Crippen LogP contribution in [0.25, 0.3) is 17.8 Å². The first-order valence-corrected chi connectivity index (χ1v) is 6.56. The largest absolute Gasteiger partial charge is 0.396 e. The monoisotopic (exact) mass is 284 g/mol. The van der Waals surface area contributed by atoms with Gasteiger partial charge in [0.25, 0.3) is 0 Å². The predicted octanol–water partition coefficient (Wildman–Crippen LogP) is 3.44. The number of aryl methyl sites for hydroxylation is 1. The third-order valence-corrected chi connectivity index (χ3v) is 3.24. The van der Waals surface area contributed by atoms with Gasteiger partial charge in [-0.05, 0) is 42.3 Å². The van der Waals surface area contributed by atoms with E-state index in [4.69, 9.17) is 17.3 Å². The lowest BCUT2D eigenvalue weighted by molar-refractivity contribution is 1.07. The molecule has 0 atom stereocenters. The van der Waals surface area contributed by atoms with Gasteiger partial charge in [-0.1, -0.05) is 29.8 Å². The predicted molar refractivity (Wildman–Crippen MR) is 82.5 cm³/mol. The summed E-state index contributed by atoms with van der Waals surface area (Å²) in [7, 11) is 0. The molecule has 0 aliphatic carbocycles. The van der Waals surface area contributed by atoms with Gasteiger partial charge in [0.1, 0.15) is 0 Å². The Morgan fingerprint density at radius 2 is 1.90 bits per heavy atom. The molecule has 0 aliphatic rings. The maximum atomic E-state index is 5.93. The molecule has 1 aromatic carbocycles. The Balaban J connectivity index is 2.00. The molecule has 5 heteroatoms. The Labute approximate surface area is 121 Å². The number of rotatable bonds is 2. The van der Waals surface area contributed by atoms with Crippen molar-refractivity contribution >= 4 is 35.1 Å². The Morgan fingerprint density at radius 3 is 2.65 bits per heavy atom. The number of aromatic nitrogens is 3. The Morgan fingerprint density at radius 1 is 1.15 bits per heavy atom. The zero-order valence-corrected chi connectivity index (χ0v) is 11.7. The minimum absolute atomic E-state index is 0.628. The molecule has 2 heterocycles. The lowest BCUT2D eigenvalue weighted by atomic mass is 10.2. The van der Waals surface area contributed by atoms with Crippen molar-refractivity contribution in [2.75, 3.05) is 5.73 Å². The van der Waals surface area contributed by atoms with Crippen molar-refractivity contribution in [3.05, 3.63) is 58.5 Å². The van der Waals surface area contributed by atoms with E-state index < -0.39 is 0 Å². The number of hydrogen-bond donors (Lipinski definition) is 1. The molecule has 3 aromatic rings. The topological polar surface area (TPSA) is 56.2 Å². The van der Waals surface area contributed by atoms with Gasteiger partial charge in [0, 0.05) is 11.2 Å². The van der Waals surface area contributed by atoms with Crippen molar-refractivity contribution in [1.82, 2.24) is 14.6 Å². The molecule has 0 radical (unpaired) electrons. The minimum Gasteiger partial charge on any atom is -0.396 e. The molecule has 2 N–H and O–H groups in total. The van der Waals surface area contributed by atoms with Crippen LogP contribution in [-0.2, 0) is 0 Å². The number of nitrogen functional groups attached to an aromatic ring is 1. The van der Waals surface area contributed by atoms with Gasteiger partial charge in [0.05, 0.1) is 5.69 Å². The van der Waals surface area contributed by atoms with E-state index in [-0.39, 0.29) is 0 Å². The highest BCUT2D eigenvalue weighted by Gasteiger charge is 2.06. The average Bonchev–Trinajstić information content (AvgIpc) is 2.81. The molecule has 0 spiro atoms. The zero-order valence-electron chi connectivity index (χ0n) is 10.9. The zero-order chi connectivity index (χ0) is 14.1. The van der Waals surface area contributed by atoms with E-state index in [1.165, 1.54) is 0 Å². The molecular weight excluding hydrogens is 272 g/mol. The molecule has 0 fully saturated rings. The van der Waals surface area contributed by atoms with Gasteiger partial charge in [0.2, 0.25) is 0 Å². The normalized spacial score (nSPS) is 11.5. The summed E-state index contributed by atoms with van der Waals surface area (Å²) in [6.45, 7) is 1.99. The van der Waals surface area contributed by atoms with E-state index in [0.717, 1.165) is 22.0 Å². The van der Waals surface area contributed by atoms with Gasteiger partial charge >= 0.3 is 0 Å². The maximum absolute atomic E-state index is 5.93. The quantitative estimate of drug-likeness (QED) is 0.784. The standard InChI is InChI=1S/C15H13ClN4/c1-10-8-13(17)15-19-18-14(20(15)9-10)7-4-11-2-5-12(16)6-3-11/h2-9H,17H2,1H3/b7-4+. The average molecular weight is 285 g/mol. The summed E-state index contributed by atoms with van der Waals surface area (Å²) < 4.78 is 1.89. The Kier molecular flexibility index (Phi) is 3.16. The molecule has 3 rings (SSSR count). The first-order chi connectivity index (χ1) is 9.63. The number of nitrogens with zero attached hydrogens (tertiary/aromatic N) is 3. The number of anilines is 1. The van der Waals surface area contributed by atoms with Crippen LogP contribution in [-0.4, -0.2) is 14.6 Å². The maximum Gasteiger partial charge on any atom is 0.184 e. The van der Waals surface area contributed by atoms with Crippen LogP contribution in [0, 0.1) is 6.92 Å². The van der Waals surface area contributed by atoms with Crippen molar-refractivity contribution in [1.29, 1.82) is 0 Å². The summed E-state index contributed by atoms with van der Waals surface area (Å²) in [5.74, 6) is 0.741. The summed E-state index contributed by atoms with van der Waals surface area (Å²) in [6, 6.07) is 9.48. The van der Waals surface area contributed by atoms with Crippen LogP contribution >= 0.6 is 11.6 Å². The molecule has 4 nitrogen and oxygen atoms in total. The van der Waals surface area contributed by atoms with Crippen molar-refractivity contribution in [3.8, 4) is 0 Å². The second-order valence-electron chi connectivity index (χ2n) is 4.61. The second-order valence-corrected chi connectivity index (χ2v) is 5.05. The Bertz CT molecular complexity index is 787. The SMILES string of the molecule is Cc1cc(N)c2nnc(/C=C/c3ccc(Cl)cc3)n2c1. The fourth-order valence-corrected chi connectivity index (χ4v) is 2.16. The molecule has 0 saturated carbocycles. The lowest BCUT2D eigenvalue weighted by Gasteiger charge is -2.00. The number of hydrogen-bond acceptors (Lipinski definition) is 3. The highest BCUT2D eigenvalue weighted by Crippen LogP contribution is 2.17. The molecule has 0 saturated heterocycles. The molecule has 2 aromatic heterocycles. The highest BCUT2D eigenvalue weighted by molar-refractivity contribution is 6.30. The lowest BCUT2D eigenvalue weighted by Crippen LogP contribution is -1.95. The number of fused-ring (bicyclic) bond motifs is 1. The molecule has 0 amide bonds. The van der Waals surface area contributed by atoms with Gasteiger partial charge in [-0.3, -0.25) is 4.40 Å². The fourth-order valence-electron chi connectivity index (χ4n) is 2.04. The van der Waals surface area contributed by atoms with Gasteiger partial charge in [0.15, 0.2) is 11.5 Å². The highest BCUT2D eigenvalue weighted by atomic mass is 35.5. The van der Waals surface area contributed by atoms with Crippen molar-refractivity contribution in [2.24, 2.45) is 0 Å².